The second-order valence-electron chi connectivity index (χ2n) is 9.00. The van der Waals surface area contributed by atoms with Crippen molar-refractivity contribution in [1.82, 2.24) is 15.1 Å². The first-order chi connectivity index (χ1) is 20.2. The highest BCUT2D eigenvalue weighted by Crippen LogP contribution is 2.35. The number of aliphatic carboxylic acids is 1. The first-order valence-corrected chi connectivity index (χ1v) is 15.0. The number of carboxylic acids is 1. The number of carboxylic acid groups (broad SMARTS) is 1. The summed E-state index contributed by atoms with van der Waals surface area (Å²) >= 11 is 6.90. The minimum absolute atomic E-state index is 0.0869. The zero-order valence-corrected chi connectivity index (χ0v) is 25.1. The molecule has 0 saturated heterocycles. The Morgan fingerprint density at radius 2 is 1.81 bits per heavy atom. The molecule has 0 aliphatic heterocycles. The van der Waals surface area contributed by atoms with Gasteiger partial charge in [0.15, 0.2) is 5.82 Å². The normalized spacial score (nSPS) is 12.3. The van der Waals surface area contributed by atoms with E-state index in [1.807, 2.05) is 36.4 Å². The summed E-state index contributed by atoms with van der Waals surface area (Å²) in [6, 6.07) is 16.1. The van der Waals surface area contributed by atoms with Crippen LogP contribution in [0.1, 0.15) is 18.1 Å². The highest BCUT2D eigenvalue weighted by Gasteiger charge is 2.38. The number of carbonyl (C=O) groups is 2. The Hall–Kier alpha value is -3.86. The van der Waals surface area contributed by atoms with Crippen molar-refractivity contribution in [2.45, 2.75) is 30.4 Å². The summed E-state index contributed by atoms with van der Waals surface area (Å²) in [5.41, 5.74) is 8.12. The minimum Gasteiger partial charge on any atom is -0.496 e. The predicted octanol–water partition coefficient (Wildman–Crippen LogP) is 4.45. The standard InChI is InChI=1S/C24H26ClN5O4S2.C2HF3O2/c1-15(12-26)24(31)27-13-16-5-3-6-17(11-16)14-30-18-7-4-8-19(34-2)22(18)23(28-30)29-36(32,33)21-10-9-20(25)35-21;3-2(4,5)1(6)7/h3-11,15H,12-14,26H2,1-2H3,(H,27,31)(H,28,29);(H,6,7). The predicted molar refractivity (Wildman–Crippen MR) is 156 cm³/mol. The molecular formula is C26H27ClF3N5O6S2. The molecule has 0 spiro atoms. The zero-order valence-electron chi connectivity index (χ0n) is 22.7. The average Bonchev–Trinajstić information content (AvgIpc) is 3.55. The molecule has 0 aliphatic carbocycles. The van der Waals surface area contributed by atoms with Crippen molar-refractivity contribution >= 4 is 61.6 Å². The van der Waals surface area contributed by atoms with Gasteiger partial charge in [0.1, 0.15) is 9.96 Å². The number of thiophene rings is 1. The van der Waals surface area contributed by atoms with Crippen molar-refractivity contribution in [2.24, 2.45) is 11.7 Å². The van der Waals surface area contributed by atoms with Crippen molar-refractivity contribution in [3.63, 3.8) is 0 Å². The number of amides is 1. The lowest BCUT2D eigenvalue weighted by atomic mass is 10.1. The van der Waals surface area contributed by atoms with Crippen LogP contribution in [0.2, 0.25) is 4.34 Å². The summed E-state index contributed by atoms with van der Waals surface area (Å²) in [4.78, 5) is 21.0. The molecule has 17 heteroatoms. The van der Waals surface area contributed by atoms with Crippen LogP contribution in [-0.4, -0.2) is 55.0 Å². The number of halogens is 4. The number of carbonyl (C=O) groups excluding carboxylic acids is 1. The third kappa shape index (κ3) is 8.82. The second-order valence-corrected chi connectivity index (χ2v) is 12.6. The van der Waals surface area contributed by atoms with Crippen LogP contribution in [0.15, 0.2) is 58.8 Å². The molecule has 5 N–H and O–H groups in total. The fraction of sp³-hybridized carbons (Fsp3) is 0.269. The molecule has 2 aromatic heterocycles. The molecule has 2 heterocycles. The molecule has 0 aliphatic rings. The molecule has 4 rings (SSSR count). The molecule has 0 radical (unpaired) electrons. The quantitative estimate of drug-likeness (QED) is 0.193. The summed E-state index contributed by atoms with van der Waals surface area (Å²) in [6.45, 7) is 2.81. The Morgan fingerprint density at radius 1 is 1.16 bits per heavy atom. The van der Waals surface area contributed by atoms with Crippen LogP contribution in [0, 0.1) is 5.92 Å². The molecular weight excluding hydrogens is 635 g/mol. The van der Waals surface area contributed by atoms with Crippen LogP contribution in [0.5, 0.6) is 5.75 Å². The Bertz CT molecular complexity index is 1710. The number of nitrogens with zero attached hydrogens (tertiary/aromatic N) is 2. The van der Waals surface area contributed by atoms with Gasteiger partial charge < -0.3 is 20.9 Å². The number of ether oxygens (including phenoxy) is 1. The van der Waals surface area contributed by atoms with Crippen molar-refractivity contribution in [1.29, 1.82) is 0 Å². The van der Waals surface area contributed by atoms with Crippen molar-refractivity contribution in [3.8, 4) is 5.75 Å². The van der Waals surface area contributed by atoms with E-state index in [9.17, 15) is 26.4 Å². The summed E-state index contributed by atoms with van der Waals surface area (Å²) in [5, 5.41) is 15.1. The molecule has 1 amide bonds. The SMILES string of the molecule is COc1cccc2c1c(NS(=O)(=O)c1ccc(Cl)s1)nn2Cc1cccc(CNC(=O)C(C)CN)c1.O=C(O)C(F)(F)F. The van der Waals surface area contributed by atoms with E-state index in [1.165, 1.54) is 19.2 Å². The molecule has 1 unspecified atom stereocenters. The number of aromatic nitrogens is 2. The molecule has 1 atom stereocenters. The number of rotatable bonds is 10. The van der Waals surface area contributed by atoms with E-state index < -0.39 is 22.2 Å². The molecule has 2 aromatic carbocycles. The molecule has 4 aromatic rings. The van der Waals surface area contributed by atoms with Crippen LogP contribution in [0.3, 0.4) is 0 Å². The van der Waals surface area contributed by atoms with Crippen LogP contribution < -0.4 is 20.5 Å². The third-order valence-electron chi connectivity index (χ3n) is 5.84. The van der Waals surface area contributed by atoms with Gasteiger partial charge in [-0.05, 0) is 35.4 Å². The summed E-state index contributed by atoms with van der Waals surface area (Å²) in [6.07, 6.45) is -5.08. The summed E-state index contributed by atoms with van der Waals surface area (Å²) < 4.78 is 67.9. The number of nitrogens with one attached hydrogen (secondary N) is 2. The Balaban J connectivity index is 0.000000646. The number of benzene rings is 2. The molecule has 0 bridgehead atoms. The maximum absolute atomic E-state index is 13.0. The number of methoxy groups -OCH3 is 1. The lowest BCUT2D eigenvalue weighted by Gasteiger charge is -2.11. The van der Waals surface area contributed by atoms with Crippen molar-refractivity contribution in [3.05, 3.63) is 70.1 Å². The summed E-state index contributed by atoms with van der Waals surface area (Å²) in [7, 11) is -2.38. The smallest absolute Gasteiger partial charge is 0.490 e. The second kappa shape index (κ2) is 14.1. The minimum atomic E-state index is -5.08. The van der Waals surface area contributed by atoms with Gasteiger partial charge in [-0.3, -0.25) is 14.2 Å². The van der Waals surface area contributed by atoms with Gasteiger partial charge in [0.2, 0.25) is 5.91 Å². The Labute approximate surface area is 253 Å². The zero-order chi connectivity index (χ0) is 31.9. The van der Waals surface area contributed by atoms with Gasteiger partial charge in [0.25, 0.3) is 10.0 Å². The van der Waals surface area contributed by atoms with Crippen LogP contribution in [0.4, 0.5) is 19.0 Å². The van der Waals surface area contributed by atoms with E-state index in [2.05, 4.69) is 15.1 Å². The number of hydrogen-bond donors (Lipinski definition) is 4. The molecule has 0 saturated carbocycles. The van der Waals surface area contributed by atoms with E-state index in [4.69, 9.17) is 32.0 Å². The largest absolute Gasteiger partial charge is 0.496 e. The molecule has 0 fully saturated rings. The first kappa shape index (κ1) is 33.6. The van der Waals surface area contributed by atoms with Crippen molar-refractivity contribution in [2.75, 3.05) is 18.4 Å². The Morgan fingerprint density at radius 3 is 2.40 bits per heavy atom. The Kier molecular flexibility index (Phi) is 11.0. The number of sulfonamides is 1. The number of nitrogens with two attached hydrogens (primary N) is 1. The monoisotopic (exact) mass is 661 g/mol. The van der Waals surface area contributed by atoms with Crippen LogP contribution >= 0.6 is 22.9 Å². The van der Waals surface area contributed by atoms with Gasteiger partial charge >= 0.3 is 12.1 Å². The van der Waals surface area contributed by atoms with Gasteiger partial charge in [-0.25, -0.2) is 13.2 Å². The van der Waals surface area contributed by atoms with Gasteiger partial charge in [-0.2, -0.15) is 18.3 Å². The first-order valence-electron chi connectivity index (χ1n) is 12.3. The van der Waals surface area contributed by atoms with Gasteiger partial charge in [0.05, 0.1) is 28.9 Å². The van der Waals surface area contributed by atoms with E-state index in [0.717, 1.165) is 22.5 Å². The van der Waals surface area contributed by atoms with E-state index in [0.29, 0.717) is 34.1 Å². The van der Waals surface area contributed by atoms with Gasteiger partial charge in [-0.15, -0.1) is 11.3 Å². The van der Waals surface area contributed by atoms with E-state index in [1.54, 1.807) is 17.7 Å². The van der Waals surface area contributed by atoms with E-state index in [-0.39, 0.29) is 28.4 Å². The number of fused-ring (bicyclic) bond motifs is 1. The highest BCUT2D eigenvalue weighted by atomic mass is 35.5. The molecule has 43 heavy (non-hydrogen) atoms. The fourth-order valence-electron chi connectivity index (χ4n) is 3.66. The number of alkyl halides is 3. The van der Waals surface area contributed by atoms with Gasteiger partial charge in [-0.1, -0.05) is 48.9 Å². The molecule has 11 nitrogen and oxygen atoms in total. The van der Waals surface area contributed by atoms with E-state index >= 15 is 0 Å². The topological polar surface area (TPSA) is 166 Å². The summed E-state index contributed by atoms with van der Waals surface area (Å²) in [5.74, 6) is -2.46. The van der Waals surface area contributed by atoms with Gasteiger partial charge in [0, 0.05) is 19.0 Å². The third-order valence-corrected chi connectivity index (χ3v) is 8.90. The highest BCUT2D eigenvalue weighted by molar-refractivity contribution is 7.94. The number of hydrogen-bond acceptors (Lipinski definition) is 8. The maximum Gasteiger partial charge on any atom is 0.490 e. The molecule has 232 valence electrons. The fourth-order valence-corrected chi connectivity index (χ4v) is 6.15. The van der Waals surface area contributed by atoms with Crippen molar-refractivity contribution < 1.29 is 41.0 Å². The van der Waals surface area contributed by atoms with Crippen LogP contribution in [-0.2, 0) is 32.7 Å². The average molecular weight is 662 g/mol. The number of anilines is 1. The van der Waals surface area contributed by atoms with Crippen LogP contribution in [0.25, 0.3) is 10.9 Å². The lowest BCUT2D eigenvalue weighted by molar-refractivity contribution is -0.192. The lowest BCUT2D eigenvalue weighted by Crippen LogP contribution is -2.32. The maximum atomic E-state index is 13.0.